The molecule has 1 aliphatic carbocycles. The monoisotopic (exact) mass is 342 g/mol. The molecule has 2 heterocycles. The van der Waals surface area contributed by atoms with E-state index in [1.54, 1.807) is 0 Å². The number of nitrogens with zero attached hydrogens (tertiary/aromatic N) is 1. The molecular weight excluding hydrogens is 315 g/mol. The summed E-state index contributed by atoms with van der Waals surface area (Å²) in [6, 6.07) is 1.94. The summed E-state index contributed by atoms with van der Waals surface area (Å²) in [7, 11) is 0. The first-order valence-electron chi connectivity index (χ1n) is 8.81. The molecular formula is C18H28ClFN2O. The molecule has 1 saturated heterocycles. The van der Waals surface area contributed by atoms with E-state index < -0.39 is 5.82 Å². The summed E-state index contributed by atoms with van der Waals surface area (Å²) in [5, 5.41) is 4.01. The van der Waals surface area contributed by atoms with Crippen molar-refractivity contribution < 1.29 is 9.13 Å². The van der Waals surface area contributed by atoms with Gasteiger partial charge < -0.3 is 10.1 Å². The Balaban J connectivity index is 0.000000203. The number of ether oxygens (including phenoxy) is 1. The van der Waals surface area contributed by atoms with E-state index in [1.165, 1.54) is 70.2 Å². The Morgan fingerprint density at radius 3 is 2.48 bits per heavy atom. The van der Waals surface area contributed by atoms with Gasteiger partial charge in [-0.1, -0.05) is 43.7 Å². The van der Waals surface area contributed by atoms with E-state index in [9.17, 15) is 4.39 Å². The molecule has 2 aliphatic rings. The molecule has 3 nitrogen and oxygen atoms in total. The Labute approximate surface area is 144 Å². The van der Waals surface area contributed by atoms with Crippen LogP contribution >= 0.6 is 11.6 Å². The molecule has 0 radical (unpaired) electrons. The van der Waals surface area contributed by atoms with Crippen molar-refractivity contribution in [2.24, 2.45) is 5.92 Å². The average Bonchev–Trinajstić information content (AvgIpc) is 2.57. The second-order valence-corrected chi connectivity index (χ2v) is 6.89. The highest BCUT2D eigenvalue weighted by molar-refractivity contribution is 6.30. The van der Waals surface area contributed by atoms with E-state index >= 15 is 0 Å². The van der Waals surface area contributed by atoms with Crippen molar-refractivity contribution in [3.05, 3.63) is 29.3 Å². The van der Waals surface area contributed by atoms with E-state index in [2.05, 4.69) is 10.3 Å². The number of aromatic nitrogens is 1. The summed E-state index contributed by atoms with van der Waals surface area (Å²) in [4.78, 5) is 3.48. The fraction of sp³-hybridized carbons (Fsp3) is 0.722. The van der Waals surface area contributed by atoms with Gasteiger partial charge in [0, 0.05) is 25.5 Å². The Kier molecular flexibility index (Phi) is 8.87. The topological polar surface area (TPSA) is 34.1 Å². The summed E-state index contributed by atoms with van der Waals surface area (Å²) in [5.74, 6) is 0.614. The largest absolute Gasteiger partial charge is 0.381 e. The minimum absolute atomic E-state index is 0.324. The maximum absolute atomic E-state index is 12.0. The molecule has 1 aliphatic heterocycles. The molecule has 23 heavy (non-hydrogen) atoms. The van der Waals surface area contributed by atoms with Gasteiger partial charge >= 0.3 is 0 Å². The van der Waals surface area contributed by atoms with Gasteiger partial charge in [-0.05, 0) is 37.8 Å². The van der Waals surface area contributed by atoms with Crippen LogP contribution in [-0.4, -0.2) is 30.8 Å². The van der Waals surface area contributed by atoms with Crippen LogP contribution in [0.5, 0.6) is 0 Å². The van der Waals surface area contributed by atoms with Crippen molar-refractivity contribution in [3.8, 4) is 0 Å². The number of nitrogens with one attached hydrogen (secondary N) is 1. The molecule has 0 atom stereocenters. The number of rotatable bonds is 4. The molecule has 0 spiro atoms. The predicted octanol–water partition coefficient (Wildman–Crippen LogP) is 4.60. The van der Waals surface area contributed by atoms with Gasteiger partial charge in [-0.2, -0.15) is 0 Å². The lowest BCUT2D eigenvalue weighted by Gasteiger charge is -2.26. The van der Waals surface area contributed by atoms with Crippen molar-refractivity contribution in [3.63, 3.8) is 0 Å². The molecule has 5 heteroatoms. The molecule has 0 unspecified atom stereocenters. The van der Waals surface area contributed by atoms with Gasteiger partial charge in [0.1, 0.15) is 5.82 Å². The van der Waals surface area contributed by atoms with E-state index in [1.807, 2.05) is 0 Å². The molecule has 0 amide bonds. The van der Waals surface area contributed by atoms with Crippen LogP contribution in [0.2, 0.25) is 5.02 Å². The van der Waals surface area contributed by atoms with Crippen molar-refractivity contribution in [2.45, 2.75) is 57.4 Å². The van der Waals surface area contributed by atoms with Crippen LogP contribution < -0.4 is 5.32 Å². The molecule has 2 fully saturated rings. The Morgan fingerprint density at radius 1 is 1.13 bits per heavy atom. The summed E-state index contributed by atoms with van der Waals surface area (Å²) in [6.07, 6.45) is 13.7. The van der Waals surface area contributed by atoms with Crippen LogP contribution in [-0.2, 0) is 4.74 Å². The lowest BCUT2D eigenvalue weighted by Crippen LogP contribution is -2.36. The Hall–Kier alpha value is -0.710. The number of halogens is 2. The molecule has 130 valence electrons. The van der Waals surface area contributed by atoms with Crippen molar-refractivity contribution in [2.75, 3.05) is 19.8 Å². The van der Waals surface area contributed by atoms with Crippen LogP contribution in [0.25, 0.3) is 0 Å². The first-order chi connectivity index (χ1) is 11.2. The first-order valence-corrected chi connectivity index (χ1v) is 9.19. The Morgan fingerprint density at radius 2 is 1.87 bits per heavy atom. The third kappa shape index (κ3) is 8.09. The molecule has 1 saturated carbocycles. The predicted molar refractivity (Wildman–Crippen MR) is 92.2 cm³/mol. The van der Waals surface area contributed by atoms with Crippen molar-refractivity contribution in [1.82, 2.24) is 10.3 Å². The zero-order valence-electron chi connectivity index (χ0n) is 13.8. The molecule has 0 bridgehead atoms. The summed E-state index contributed by atoms with van der Waals surface area (Å²) in [6.45, 7) is 3.15. The molecule has 1 aromatic heterocycles. The van der Waals surface area contributed by atoms with E-state index in [0.29, 0.717) is 5.02 Å². The second-order valence-electron chi connectivity index (χ2n) is 6.45. The van der Waals surface area contributed by atoms with Gasteiger partial charge in [0.25, 0.3) is 0 Å². The maximum Gasteiger partial charge on any atom is 0.142 e. The van der Waals surface area contributed by atoms with Gasteiger partial charge in [0.15, 0.2) is 0 Å². The molecule has 0 aromatic carbocycles. The highest BCUT2D eigenvalue weighted by Gasteiger charge is 2.15. The first kappa shape index (κ1) is 18.6. The minimum Gasteiger partial charge on any atom is -0.381 e. The number of hydrogen-bond donors (Lipinski definition) is 1. The zero-order valence-corrected chi connectivity index (χ0v) is 14.5. The van der Waals surface area contributed by atoms with Gasteiger partial charge in [0.05, 0.1) is 11.2 Å². The highest BCUT2D eigenvalue weighted by Crippen LogP contribution is 2.25. The van der Waals surface area contributed by atoms with Crippen LogP contribution in [0, 0.1) is 11.7 Å². The van der Waals surface area contributed by atoms with E-state index in [-0.39, 0.29) is 0 Å². The highest BCUT2D eigenvalue weighted by atomic mass is 35.5. The van der Waals surface area contributed by atoms with Gasteiger partial charge in [-0.25, -0.2) is 4.39 Å². The zero-order chi connectivity index (χ0) is 16.3. The summed E-state index contributed by atoms with van der Waals surface area (Å²) >= 11 is 5.34. The van der Waals surface area contributed by atoms with Crippen LogP contribution in [0.4, 0.5) is 4.39 Å². The second kappa shape index (κ2) is 11.0. The fourth-order valence-corrected chi connectivity index (χ4v) is 3.42. The lowest BCUT2D eigenvalue weighted by molar-refractivity contribution is 0.0775. The lowest BCUT2D eigenvalue weighted by atomic mass is 9.87. The fourth-order valence-electron chi connectivity index (χ4n) is 3.26. The molecule has 1 aromatic rings. The average molecular weight is 343 g/mol. The van der Waals surface area contributed by atoms with Gasteiger partial charge in [-0.15, -0.1) is 0 Å². The third-order valence-corrected chi connectivity index (χ3v) is 4.81. The van der Waals surface area contributed by atoms with Gasteiger partial charge in [0.2, 0.25) is 0 Å². The molecule has 1 N–H and O–H groups in total. The molecule has 3 rings (SSSR count). The third-order valence-electron chi connectivity index (χ3n) is 4.60. The van der Waals surface area contributed by atoms with Crippen molar-refractivity contribution >= 4 is 11.6 Å². The smallest absolute Gasteiger partial charge is 0.142 e. The SMILES string of the molecule is C1CCC(CCNC2CCOCC2)CC1.Fc1cncc(Cl)c1. The van der Waals surface area contributed by atoms with Crippen molar-refractivity contribution in [1.29, 1.82) is 0 Å². The summed E-state index contributed by atoms with van der Waals surface area (Å²) < 4.78 is 17.4. The standard InChI is InChI=1S/C13H25NO.C5H3ClFN/c1-2-4-12(5-3-1)6-9-14-13-7-10-15-11-8-13;6-4-1-5(7)3-8-2-4/h12-14H,1-11H2;1-3H. The van der Waals surface area contributed by atoms with E-state index in [0.717, 1.165) is 31.4 Å². The van der Waals surface area contributed by atoms with Crippen LogP contribution in [0.3, 0.4) is 0 Å². The summed E-state index contributed by atoms with van der Waals surface area (Å²) in [5.41, 5.74) is 0. The number of pyridine rings is 1. The van der Waals surface area contributed by atoms with E-state index in [4.69, 9.17) is 16.3 Å². The quantitative estimate of drug-likeness (QED) is 0.868. The number of hydrogen-bond acceptors (Lipinski definition) is 3. The van der Waals surface area contributed by atoms with Crippen LogP contribution in [0.1, 0.15) is 51.4 Å². The normalized spacial score (nSPS) is 19.9. The Bertz CT molecular complexity index is 400. The minimum atomic E-state index is -0.405. The van der Waals surface area contributed by atoms with Crippen LogP contribution in [0.15, 0.2) is 18.5 Å². The maximum atomic E-state index is 12.0. The van der Waals surface area contributed by atoms with Gasteiger partial charge in [-0.3, -0.25) is 4.98 Å².